The van der Waals surface area contributed by atoms with E-state index in [-0.39, 0.29) is 43.2 Å². The van der Waals surface area contributed by atoms with Crippen molar-refractivity contribution >= 4 is 29.6 Å². The Bertz CT molecular complexity index is 1360. The maximum atomic E-state index is 14.5. The highest BCUT2D eigenvalue weighted by atomic mass is 19.1. The molecule has 3 amide bonds. The summed E-state index contributed by atoms with van der Waals surface area (Å²) in [7, 11) is 0. The van der Waals surface area contributed by atoms with Gasteiger partial charge in [0.2, 0.25) is 0 Å². The van der Waals surface area contributed by atoms with Gasteiger partial charge in [0.25, 0.3) is 0 Å². The number of ether oxygens (including phenoxy) is 2. The summed E-state index contributed by atoms with van der Waals surface area (Å²) in [6, 6.07) is 9.75. The molecule has 3 N–H and O–H groups in total. The minimum atomic E-state index is -1.20. The summed E-state index contributed by atoms with van der Waals surface area (Å²) in [6.45, 7) is -0.254. The van der Waals surface area contributed by atoms with Crippen LogP contribution in [0.3, 0.4) is 0 Å². The third-order valence-corrected chi connectivity index (χ3v) is 6.36. The highest BCUT2D eigenvalue weighted by molar-refractivity contribution is 5.98. The first-order valence-corrected chi connectivity index (χ1v) is 12.6. The molecule has 0 atom stereocenters. The number of pyridine rings is 1. The molecular weight excluding hydrogens is 529 g/mol. The minimum Gasteiger partial charge on any atom is -0.464 e. The van der Waals surface area contributed by atoms with Crippen LogP contribution < -0.4 is 16.0 Å². The number of hydrogen-bond donors (Lipinski definition) is 2. The van der Waals surface area contributed by atoms with Crippen LogP contribution in [0.15, 0.2) is 54.6 Å². The number of esters is 1. The average Bonchev–Trinajstić information content (AvgIpc) is 3.48. The third-order valence-electron chi connectivity index (χ3n) is 6.36. The molecule has 2 aromatic carbocycles. The highest BCUT2D eigenvalue weighted by Gasteiger charge is 2.26. The molecular formula is C28H27F3N4O5. The van der Waals surface area contributed by atoms with Crippen molar-refractivity contribution in [1.29, 1.82) is 0 Å². The van der Waals surface area contributed by atoms with E-state index in [0.29, 0.717) is 16.0 Å². The van der Waals surface area contributed by atoms with Crippen molar-refractivity contribution in [2.24, 2.45) is 11.7 Å². The van der Waals surface area contributed by atoms with Gasteiger partial charge in [-0.15, -0.1) is 0 Å². The molecule has 4 rings (SSSR count). The summed E-state index contributed by atoms with van der Waals surface area (Å²) in [4.78, 5) is 41.4. The number of anilines is 2. The van der Waals surface area contributed by atoms with Crippen molar-refractivity contribution in [3.05, 3.63) is 77.6 Å². The van der Waals surface area contributed by atoms with E-state index in [1.165, 1.54) is 36.4 Å². The molecule has 12 heteroatoms. The van der Waals surface area contributed by atoms with Crippen molar-refractivity contribution in [2.75, 3.05) is 18.1 Å². The lowest BCUT2D eigenvalue weighted by molar-refractivity contribution is -0.148. The predicted molar refractivity (Wildman–Crippen MR) is 139 cm³/mol. The number of halogens is 3. The van der Waals surface area contributed by atoms with Gasteiger partial charge in [0.15, 0.2) is 0 Å². The number of carbonyl (C=O) groups excluding carboxylic acids is 3. The number of primary amides is 1. The Morgan fingerprint density at radius 3 is 2.27 bits per heavy atom. The second kappa shape index (κ2) is 13.0. The number of benzene rings is 2. The standard InChI is InChI=1S/C28H27F3N4O5/c29-20-11-8-17(9-12-20)24-19(16-40-28(38)33-14-15-39-26(36)18-4-1-2-5-18)10-13-23(34-24)35(27(32)37)25-21(30)6-3-7-22(25)31/h3,6-13,18H,1-2,4-5,14-16H2,(H2,32,37)(H,33,38). The molecule has 0 bridgehead atoms. The first kappa shape index (κ1) is 28.4. The number of carbonyl (C=O) groups is 3. The van der Waals surface area contributed by atoms with E-state index >= 15 is 0 Å². The van der Waals surface area contributed by atoms with Crippen LogP contribution in [-0.2, 0) is 20.9 Å². The van der Waals surface area contributed by atoms with Crippen LogP contribution in [-0.4, -0.2) is 36.2 Å². The van der Waals surface area contributed by atoms with Crippen molar-refractivity contribution in [1.82, 2.24) is 10.3 Å². The van der Waals surface area contributed by atoms with Gasteiger partial charge >= 0.3 is 18.1 Å². The van der Waals surface area contributed by atoms with Crippen LogP contribution >= 0.6 is 0 Å². The molecule has 1 aromatic heterocycles. The number of alkyl carbamates (subject to hydrolysis) is 1. The average molecular weight is 557 g/mol. The van der Waals surface area contributed by atoms with Crippen LogP contribution in [0, 0.1) is 23.4 Å². The van der Waals surface area contributed by atoms with Crippen molar-refractivity contribution in [2.45, 2.75) is 32.3 Å². The van der Waals surface area contributed by atoms with E-state index in [1.54, 1.807) is 0 Å². The van der Waals surface area contributed by atoms with E-state index in [1.807, 2.05) is 0 Å². The fourth-order valence-electron chi connectivity index (χ4n) is 4.40. The van der Waals surface area contributed by atoms with Gasteiger partial charge in [0.05, 0.1) is 18.2 Å². The maximum absolute atomic E-state index is 14.5. The molecule has 1 fully saturated rings. The van der Waals surface area contributed by atoms with Gasteiger partial charge in [-0.3, -0.25) is 4.79 Å². The molecule has 40 heavy (non-hydrogen) atoms. The van der Waals surface area contributed by atoms with E-state index < -0.39 is 35.3 Å². The summed E-state index contributed by atoms with van der Waals surface area (Å²) >= 11 is 0. The zero-order chi connectivity index (χ0) is 28.6. The fourth-order valence-corrected chi connectivity index (χ4v) is 4.40. The van der Waals surface area contributed by atoms with Crippen LogP contribution in [0.5, 0.6) is 0 Å². The predicted octanol–water partition coefficient (Wildman–Crippen LogP) is 5.34. The first-order valence-electron chi connectivity index (χ1n) is 12.6. The minimum absolute atomic E-state index is 0.00290. The molecule has 1 aliphatic carbocycles. The Balaban J connectivity index is 1.49. The molecule has 0 spiro atoms. The fraction of sp³-hybridized carbons (Fsp3) is 0.286. The molecule has 9 nitrogen and oxygen atoms in total. The smallest absolute Gasteiger partial charge is 0.407 e. The molecule has 0 unspecified atom stereocenters. The third kappa shape index (κ3) is 6.87. The Hall–Kier alpha value is -4.61. The molecule has 0 radical (unpaired) electrons. The van der Waals surface area contributed by atoms with Gasteiger partial charge < -0.3 is 20.5 Å². The number of para-hydroxylation sites is 1. The Morgan fingerprint density at radius 1 is 0.950 bits per heavy atom. The zero-order valence-corrected chi connectivity index (χ0v) is 21.4. The number of aromatic nitrogens is 1. The van der Waals surface area contributed by atoms with E-state index in [0.717, 1.165) is 43.9 Å². The number of nitrogens with two attached hydrogens (primary N) is 1. The van der Waals surface area contributed by atoms with Crippen molar-refractivity contribution in [3.8, 4) is 11.3 Å². The van der Waals surface area contributed by atoms with Gasteiger partial charge in [0.1, 0.15) is 42.2 Å². The lowest BCUT2D eigenvalue weighted by atomic mass is 10.1. The largest absolute Gasteiger partial charge is 0.464 e. The Kier molecular flexibility index (Phi) is 9.20. The van der Waals surface area contributed by atoms with Gasteiger partial charge in [0, 0.05) is 11.1 Å². The molecule has 0 saturated heterocycles. The van der Waals surface area contributed by atoms with Crippen LogP contribution in [0.25, 0.3) is 11.3 Å². The second-order valence-electron chi connectivity index (χ2n) is 9.08. The summed E-state index contributed by atoms with van der Waals surface area (Å²) < 4.78 is 53.0. The van der Waals surface area contributed by atoms with Crippen LogP contribution in [0.1, 0.15) is 31.2 Å². The summed E-state index contributed by atoms with van der Waals surface area (Å²) in [5.74, 6) is -3.18. The van der Waals surface area contributed by atoms with E-state index in [2.05, 4.69) is 10.3 Å². The second-order valence-corrected chi connectivity index (χ2v) is 9.08. The lowest BCUT2D eigenvalue weighted by Crippen LogP contribution is -2.33. The van der Waals surface area contributed by atoms with Gasteiger partial charge in [-0.2, -0.15) is 0 Å². The number of nitrogens with zero attached hydrogens (tertiary/aromatic N) is 2. The van der Waals surface area contributed by atoms with E-state index in [9.17, 15) is 27.6 Å². The van der Waals surface area contributed by atoms with Crippen molar-refractivity contribution < 1.29 is 37.0 Å². The number of amides is 3. The summed E-state index contributed by atoms with van der Waals surface area (Å²) in [5.41, 5.74) is 5.60. The van der Waals surface area contributed by atoms with Crippen LogP contribution in [0.4, 0.5) is 34.3 Å². The Morgan fingerprint density at radius 2 is 1.62 bits per heavy atom. The Labute approximate surface area is 228 Å². The van der Waals surface area contributed by atoms with Crippen molar-refractivity contribution in [3.63, 3.8) is 0 Å². The van der Waals surface area contributed by atoms with Gasteiger partial charge in [-0.05, 0) is 61.4 Å². The zero-order valence-electron chi connectivity index (χ0n) is 21.4. The molecule has 1 aliphatic rings. The monoisotopic (exact) mass is 556 g/mol. The molecule has 210 valence electrons. The number of hydrogen-bond acceptors (Lipinski definition) is 6. The topological polar surface area (TPSA) is 124 Å². The number of rotatable bonds is 9. The first-order chi connectivity index (χ1) is 19.2. The van der Waals surface area contributed by atoms with Gasteiger partial charge in [-0.25, -0.2) is 32.6 Å². The molecule has 3 aromatic rings. The molecule has 0 aliphatic heterocycles. The van der Waals surface area contributed by atoms with Crippen LogP contribution in [0.2, 0.25) is 0 Å². The summed E-state index contributed by atoms with van der Waals surface area (Å²) in [6.07, 6.45) is 2.83. The number of urea groups is 1. The van der Waals surface area contributed by atoms with E-state index in [4.69, 9.17) is 15.2 Å². The number of nitrogens with one attached hydrogen (secondary N) is 1. The molecule has 1 saturated carbocycles. The summed E-state index contributed by atoms with van der Waals surface area (Å²) in [5, 5.41) is 2.48. The van der Waals surface area contributed by atoms with Gasteiger partial charge in [-0.1, -0.05) is 18.9 Å². The SMILES string of the molecule is NC(=O)N(c1ccc(COC(=O)NCCOC(=O)C2CCCC2)c(-c2ccc(F)cc2)n1)c1c(F)cccc1F. The quantitative estimate of drug-likeness (QED) is 0.271. The lowest BCUT2D eigenvalue weighted by Gasteiger charge is -2.22. The molecule has 1 heterocycles. The normalized spacial score (nSPS) is 13.1. The maximum Gasteiger partial charge on any atom is 0.407 e. The highest BCUT2D eigenvalue weighted by Crippen LogP contribution is 2.32.